The minimum Gasteiger partial charge on any atom is -0.459 e. The van der Waals surface area contributed by atoms with Crippen molar-refractivity contribution >= 4 is 5.97 Å². The van der Waals surface area contributed by atoms with Crippen LogP contribution in [0.4, 0.5) is 4.39 Å². The fourth-order valence-electron chi connectivity index (χ4n) is 2.20. The number of carbonyl (C=O) groups excluding carboxylic acids is 1. The van der Waals surface area contributed by atoms with Crippen LogP contribution < -0.4 is 0 Å². The Morgan fingerprint density at radius 2 is 1.85 bits per heavy atom. The van der Waals surface area contributed by atoms with Gasteiger partial charge in [-0.15, -0.1) is 0 Å². The Labute approximate surface area is 155 Å². The lowest BCUT2D eigenvalue weighted by atomic mass is 10.1. The second kappa shape index (κ2) is 8.61. The number of nitriles is 1. The van der Waals surface area contributed by atoms with Crippen molar-refractivity contribution in [3.05, 3.63) is 35.1 Å². The number of hydrogen-bond acceptors (Lipinski definition) is 5. The van der Waals surface area contributed by atoms with Gasteiger partial charge in [-0.2, -0.15) is 5.26 Å². The molecule has 1 atom stereocenters. The highest BCUT2D eigenvalue weighted by Crippen LogP contribution is 2.18. The number of likely N-dealkylation sites (N-methyl/N-ethyl adjacent to an activating group) is 1. The molecule has 0 N–H and O–H groups in total. The molecule has 0 fully saturated rings. The first-order valence-electron chi connectivity index (χ1n) is 8.58. The van der Waals surface area contributed by atoms with E-state index in [0.717, 1.165) is 0 Å². The maximum atomic E-state index is 14.2. The van der Waals surface area contributed by atoms with Gasteiger partial charge >= 0.3 is 5.97 Å². The molecule has 0 bridgehead atoms. The molecule has 26 heavy (non-hydrogen) atoms. The molecule has 0 amide bonds. The summed E-state index contributed by atoms with van der Waals surface area (Å²) < 4.78 is 25.4. The summed E-state index contributed by atoms with van der Waals surface area (Å²) in [4.78, 5) is 14.3. The number of esters is 1. The molecule has 0 aliphatic rings. The van der Waals surface area contributed by atoms with Gasteiger partial charge in [0, 0.05) is 12.1 Å². The molecule has 1 aromatic rings. The van der Waals surface area contributed by atoms with Gasteiger partial charge in [0.2, 0.25) is 0 Å². The quantitative estimate of drug-likeness (QED) is 0.721. The lowest BCUT2D eigenvalue weighted by Gasteiger charge is -2.32. The smallest absolute Gasteiger partial charge is 0.326 e. The Bertz CT molecular complexity index is 669. The SMILES string of the molecule is CN(Cc1ccc(C#N)cc1F)C(COC(C)(C)C)C(=O)OC(C)(C)C. The van der Waals surface area contributed by atoms with Crippen molar-refractivity contribution in [3.8, 4) is 6.07 Å². The number of hydrogen-bond donors (Lipinski definition) is 0. The Morgan fingerprint density at radius 1 is 1.23 bits per heavy atom. The third kappa shape index (κ3) is 7.51. The van der Waals surface area contributed by atoms with Gasteiger partial charge in [0.15, 0.2) is 0 Å². The first-order chi connectivity index (χ1) is 11.8. The van der Waals surface area contributed by atoms with Gasteiger partial charge in [0.1, 0.15) is 17.5 Å². The highest BCUT2D eigenvalue weighted by atomic mass is 19.1. The molecule has 0 saturated carbocycles. The molecule has 0 aromatic heterocycles. The maximum Gasteiger partial charge on any atom is 0.326 e. The summed E-state index contributed by atoms with van der Waals surface area (Å²) >= 11 is 0. The zero-order valence-corrected chi connectivity index (χ0v) is 16.7. The van der Waals surface area contributed by atoms with E-state index in [2.05, 4.69) is 0 Å². The maximum absolute atomic E-state index is 14.2. The summed E-state index contributed by atoms with van der Waals surface area (Å²) in [6.45, 7) is 11.4. The fraction of sp³-hybridized carbons (Fsp3) is 0.600. The third-order valence-corrected chi connectivity index (χ3v) is 3.49. The topological polar surface area (TPSA) is 62.6 Å². The number of rotatable bonds is 6. The highest BCUT2D eigenvalue weighted by molar-refractivity contribution is 5.76. The summed E-state index contributed by atoms with van der Waals surface area (Å²) in [5.74, 6) is -0.895. The minimum atomic E-state index is -0.677. The number of halogens is 1. The van der Waals surface area contributed by atoms with E-state index in [1.54, 1.807) is 44.9 Å². The Morgan fingerprint density at radius 3 is 2.31 bits per heavy atom. The van der Waals surface area contributed by atoms with Crippen molar-refractivity contribution in [3.63, 3.8) is 0 Å². The summed E-state index contributed by atoms with van der Waals surface area (Å²) in [6.07, 6.45) is 0. The summed E-state index contributed by atoms with van der Waals surface area (Å²) in [6, 6.07) is 5.53. The zero-order chi connectivity index (χ0) is 20.1. The van der Waals surface area contributed by atoms with Gasteiger partial charge in [0.05, 0.1) is 23.8 Å². The van der Waals surface area contributed by atoms with E-state index in [0.29, 0.717) is 5.56 Å². The lowest BCUT2D eigenvalue weighted by molar-refractivity contribution is -0.165. The highest BCUT2D eigenvalue weighted by Gasteiger charge is 2.30. The summed E-state index contributed by atoms with van der Waals surface area (Å²) in [5.41, 5.74) is -0.386. The summed E-state index contributed by atoms with van der Waals surface area (Å²) in [7, 11) is 1.72. The van der Waals surface area contributed by atoms with Gasteiger partial charge in [-0.25, -0.2) is 4.39 Å². The molecule has 6 heteroatoms. The van der Waals surface area contributed by atoms with E-state index in [1.807, 2.05) is 26.8 Å². The van der Waals surface area contributed by atoms with Crippen LogP contribution in [0.3, 0.4) is 0 Å². The molecule has 5 nitrogen and oxygen atoms in total. The molecular weight excluding hydrogens is 335 g/mol. The molecular formula is C20H29FN2O3. The molecule has 0 radical (unpaired) electrons. The molecule has 0 heterocycles. The molecule has 1 unspecified atom stereocenters. The molecule has 1 rings (SSSR count). The van der Waals surface area contributed by atoms with E-state index in [4.69, 9.17) is 14.7 Å². The van der Waals surface area contributed by atoms with Gasteiger partial charge in [-0.05, 0) is 60.7 Å². The van der Waals surface area contributed by atoms with Crippen molar-refractivity contribution in [2.24, 2.45) is 0 Å². The molecule has 0 aliphatic heterocycles. The van der Waals surface area contributed by atoms with Crippen LogP contribution in [0.2, 0.25) is 0 Å². The van der Waals surface area contributed by atoms with Crippen LogP contribution in [0.5, 0.6) is 0 Å². The third-order valence-electron chi connectivity index (χ3n) is 3.49. The molecule has 0 aliphatic carbocycles. The zero-order valence-electron chi connectivity index (χ0n) is 16.7. The molecule has 0 saturated heterocycles. The normalized spacial score (nSPS) is 13.4. The number of carbonyl (C=O) groups is 1. The Hall–Kier alpha value is -1.97. The van der Waals surface area contributed by atoms with Crippen molar-refractivity contribution in [1.29, 1.82) is 5.26 Å². The molecule has 0 spiro atoms. The van der Waals surface area contributed by atoms with Crippen molar-refractivity contribution in [2.45, 2.75) is 65.3 Å². The van der Waals surface area contributed by atoms with Crippen LogP contribution in [0.25, 0.3) is 0 Å². The van der Waals surface area contributed by atoms with Crippen LogP contribution >= 0.6 is 0 Å². The molecule has 1 aromatic carbocycles. The van der Waals surface area contributed by atoms with Crippen LogP contribution in [-0.2, 0) is 20.8 Å². The Balaban J connectivity index is 2.97. The average molecular weight is 364 g/mol. The standard InChI is InChI=1S/C20H29FN2O3/c1-19(2,3)25-13-17(18(24)26-20(4,5)6)23(7)12-15-9-8-14(11-22)10-16(15)21/h8-10,17H,12-13H2,1-7H3. The minimum absolute atomic E-state index is 0.132. The second-order valence-corrected chi connectivity index (χ2v) is 8.31. The second-order valence-electron chi connectivity index (χ2n) is 8.31. The first kappa shape index (κ1) is 22.1. The van der Waals surface area contributed by atoms with Gasteiger partial charge in [0.25, 0.3) is 0 Å². The van der Waals surface area contributed by atoms with Crippen molar-refractivity contribution in [2.75, 3.05) is 13.7 Å². The Kier molecular flexibility index (Phi) is 7.31. The number of nitrogens with zero attached hydrogens (tertiary/aromatic N) is 2. The van der Waals surface area contributed by atoms with Crippen LogP contribution in [0.1, 0.15) is 52.7 Å². The van der Waals surface area contributed by atoms with Gasteiger partial charge in [-0.3, -0.25) is 9.69 Å². The largest absolute Gasteiger partial charge is 0.459 e. The predicted molar refractivity (Wildman–Crippen MR) is 97.9 cm³/mol. The van der Waals surface area contributed by atoms with Crippen LogP contribution in [-0.4, -0.2) is 41.8 Å². The van der Waals surface area contributed by atoms with E-state index < -0.39 is 29.0 Å². The van der Waals surface area contributed by atoms with E-state index in [9.17, 15) is 9.18 Å². The predicted octanol–water partition coefficient (Wildman–Crippen LogP) is 3.65. The lowest BCUT2D eigenvalue weighted by Crippen LogP contribution is -2.46. The number of ether oxygens (including phenoxy) is 2. The number of benzene rings is 1. The van der Waals surface area contributed by atoms with Gasteiger partial charge < -0.3 is 9.47 Å². The van der Waals surface area contributed by atoms with E-state index >= 15 is 0 Å². The van der Waals surface area contributed by atoms with Gasteiger partial charge in [-0.1, -0.05) is 6.07 Å². The summed E-state index contributed by atoms with van der Waals surface area (Å²) in [5, 5.41) is 8.85. The fourth-order valence-corrected chi connectivity index (χ4v) is 2.20. The van der Waals surface area contributed by atoms with Crippen molar-refractivity contribution in [1.82, 2.24) is 4.90 Å². The van der Waals surface area contributed by atoms with E-state index in [-0.39, 0.29) is 18.7 Å². The first-order valence-corrected chi connectivity index (χ1v) is 8.58. The van der Waals surface area contributed by atoms with Crippen molar-refractivity contribution < 1.29 is 18.7 Å². The van der Waals surface area contributed by atoms with Crippen LogP contribution in [0.15, 0.2) is 18.2 Å². The van der Waals surface area contributed by atoms with E-state index in [1.165, 1.54) is 6.07 Å². The van der Waals surface area contributed by atoms with Crippen LogP contribution in [0, 0.1) is 17.1 Å². The molecule has 144 valence electrons. The monoisotopic (exact) mass is 364 g/mol. The average Bonchev–Trinajstić information content (AvgIpc) is 2.46.